The Morgan fingerprint density at radius 3 is 2.69 bits per heavy atom. The van der Waals surface area contributed by atoms with Crippen molar-refractivity contribution in [1.82, 2.24) is 10.1 Å². The Hall–Kier alpha value is -2.37. The summed E-state index contributed by atoms with van der Waals surface area (Å²) in [7, 11) is 0. The smallest absolute Gasteiger partial charge is 0.255 e. The van der Waals surface area contributed by atoms with Crippen molar-refractivity contribution in [3.8, 4) is 11.3 Å². The van der Waals surface area contributed by atoms with Gasteiger partial charge in [-0.15, -0.1) is 0 Å². The molecular weight excluding hydrogens is 378 g/mol. The molecule has 7 heteroatoms. The van der Waals surface area contributed by atoms with Crippen LogP contribution >= 0.6 is 23.2 Å². The number of carbonyl (C=O) groups excluding carboxylic acids is 1. The molecule has 1 aliphatic rings. The zero-order valence-corrected chi connectivity index (χ0v) is 15.0. The molecular formula is C19H13Cl2FN2O2. The number of halogens is 3. The van der Waals surface area contributed by atoms with Gasteiger partial charge in [-0.25, -0.2) is 4.39 Å². The number of benzene rings is 2. The van der Waals surface area contributed by atoms with Crippen molar-refractivity contribution in [3.05, 3.63) is 75.1 Å². The monoisotopic (exact) mass is 390 g/mol. The molecule has 26 heavy (non-hydrogen) atoms. The van der Waals surface area contributed by atoms with Gasteiger partial charge in [-0.2, -0.15) is 0 Å². The maximum absolute atomic E-state index is 13.2. The summed E-state index contributed by atoms with van der Waals surface area (Å²) >= 11 is 12.2. The van der Waals surface area contributed by atoms with E-state index in [1.807, 2.05) is 0 Å². The van der Waals surface area contributed by atoms with E-state index in [1.54, 1.807) is 35.2 Å². The van der Waals surface area contributed by atoms with Crippen LogP contribution in [0.3, 0.4) is 0 Å². The van der Waals surface area contributed by atoms with Crippen LogP contribution < -0.4 is 0 Å². The van der Waals surface area contributed by atoms with Crippen molar-refractivity contribution in [3.63, 3.8) is 0 Å². The fourth-order valence-electron chi connectivity index (χ4n) is 3.05. The summed E-state index contributed by atoms with van der Waals surface area (Å²) in [6.45, 7) is 0.845. The molecule has 0 bridgehead atoms. The minimum absolute atomic E-state index is 0.200. The van der Waals surface area contributed by atoms with E-state index in [1.165, 1.54) is 12.1 Å². The summed E-state index contributed by atoms with van der Waals surface area (Å²) in [5.41, 5.74) is 2.72. The maximum atomic E-state index is 13.2. The van der Waals surface area contributed by atoms with Gasteiger partial charge >= 0.3 is 0 Å². The Kier molecular flexibility index (Phi) is 4.42. The SMILES string of the molecule is O=C(c1cc(Cl)ccc1Cl)N1CCc2noc(-c3ccc(F)cc3)c2C1. The average Bonchev–Trinajstić information content (AvgIpc) is 3.07. The van der Waals surface area contributed by atoms with E-state index in [0.717, 1.165) is 16.8 Å². The number of hydrogen-bond donors (Lipinski definition) is 0. The van der Waals surface area contributed by atoms with Crippen LogP contribution in [-0.2, 0) is 13.0 Å². The van der Waals surface area contributed by atoms with Crippen LogP contribution in [0.1, 0.15) is 21.6 Å². The van der Waals surface area contributed by atoms with Crippen molar-refractivity contribution >= 4 is 29.1 Å². The topological polar surface area (TPSA) is 46.3 Å². The number of fused-ring (bicyclic) bond motifs is 1. The predicted octanol–water partition coefficient (Wildman–Crippen LogP) is 4.99. The van der Waals surface area contributed by atoms with Gasteiger partial charge in [-0.05, 0) is 42.5 Å². The van der Waals surface area contributed by atoms with Crippen molar-refractivity contribution in [2.45, 2.75) is 13.0 Å². The van der Waals surface area contributed by atoms with E-state index in [-0.39, 0.29) is 11.7 Å². The second kappa shape index (κ2) is 6.74. The van der Waals surface area contributed by atoms with Crippen molar-refractivity contribution in [1.29, 1.82) is 0 Å². The van der Waals surface area contributed by atoms with Crippen molar-refractivity contribution < 1.29 is 13.7 Å². The largest absolute Gasteiger partial charge is 0.356 e. The zero-order valence-electron chi connectivity index (χ0n) is 13.5. The van der Waals surface area contributed by atoms with E-state index in [0.29, 0.717) is 40.9 Å². The van der Waals surface area contributed by atoms with Gasteiger partial charge < -0.3 is 9.42 Å². The highest BCUT2D eigenvalue weighted by Gasteiger charge is 2.29. The first-order chi connectivity index (χ1) is 12.5. The van der Waals surface area contributed by atoms with Crippen LogP contribution in [0.15, 0.2) is 47.0 Å². The van der Waals surface area contributed by atoms with Gasteiger partial charge in [0.1, 0.15) is 5.82 Å². The Morgan fingerprint density at radius 2 is 1.92 bits per heavy atom. The third-order valence-corrected chi connectivity index (χ3v) is 4.95. The van der Waals surface area contributed by atoms with Crippen LogP contribution in [0.4, 0.5) is 4.39 Å². The Labute approximate surface area is 159 Å². The average molecular weight is 391 g/mol. The highest BCUT2D eigenvalue weighted by atomic mass is 35.5. The van der Waals surface area contributed by atoms with E-state index >= 15 is 0 Å². The molecule has 0 unspecified atom stereocenters. The fourth-order valence-corrected chi connectivity index (χ4v) is 3.42. The molecule has 1 aliphatic heterocycles. The first-order valence-electron chi connectivity index (χ1n) is 8.00. The minimum Gasteiger partial charge on any atom is -0.356 e. The first kappa shape index (κ1) is 17.1. The number of hydrogen-bond acceptors (Lipinski definition) is 3. The van der Waals surface area contributed by atoms with Gasteiger partial charge in [0.25, 0.3) is 5.91 Å². The summed E-state index contributed by atoms with van der Waals surface area (Å²) < 4.78 is 18.6. The lowest BCUT2D eigenvalue weighted by Crippen LogP contribution is -2.36. The lowest BCUT2D eigenvalue weighted by atomic mass is 10.0. The van der Waals surface area contributed by atoms with Crippen LogP contribution in [0, 0.1) is 5.82 Å². The maximum Gasteiger partial charge on any atom is 0.255 e. The highest BCUT2D eigenvalue weighted by molar-refractivity contribution is 6.35. The lowest BCUT2D eigenvalue weighted by Gasteiger charge is -2.27. The van der Waals surface area contributed by atoms with Gasteiger partial charge in [0.2, 0.25) is 0 Å². The number of nitrogens with zero attached hydrogens (tertiary/aromatic N) is 2. The number of rotatable bonds is 2. The third kappa shape index (κ3) is 3.08. The fraction of sp³-hybridized carbons (Fsp3) is 0.158. The van der Waals surface area contributed by atoms with Gasteiger partial charge in [-0.3, -0.25) is 4.79 Å². The van der Waals surface area contributed by atoms with Crippen LogP contribution in [0.2, 0.25) is 10.0 Å². The van der Waals surface area contributed by atoms with Crippen LogP contribution in [0.5, 0.6) is 0 Å². The van der Waals surface area contributed by atoms with Gasteiger partial charge in [0.15, 0.2) is 5.76 Å². The lowest BCUT2D eigenvalue weighted by molar-refractivity contribution is 0.0735. The Morgan fingerprint density at radius 1 is 1.15 bits per heavy atom. The molecule has 4 nitrogen and oxygen atoms in total. The van der Waals surface area contributed by atoms with E-state index in [9.17, 15) is 9.18 Å². The highest BCUT2D eigenvalue weighted by Crippen LogP contribution is 2.32. The summed E-state index contributed by atoms with van der Waals surface area (Å²) in [5.74, 6) is 0.0265. The second-order valence-corrected chi connectivity index (χ2v) is 6.89. The molecule has 1 aromatic heterocycles. The summed E-state index contributed by atoms with van der Waals surface area (Å²) in [6, 6.07) is 10.8. The number of aromatic nitrogens is 1. The number of amides is 1. The summed E-state index contributed by atoms with van der Waals surface area (Å²) in [5, 5.41) is 4.91. The quantitative estimate of drug-likeness (QED) is 0.619. The summed E-state index contributed by atoms with van der Waals surface area (Å²) in [4.78, 5) is 14.6. The van der Waals surface area contributed by atoms with E-state index in [4.69, 9.17) is 27.7 Å². The molecule has 0 atom stereocenters. The molecule has 2 aromatic carbocycles. The number of carbonyl (C=O) groups is 1. The molecule has 0 spiro atoms. The molecule has 3 aromatic rings. The molecule has 132 valence electrons. The molecule has 0 fully saturated rings. The van der Waals surface area contributed by atoms with Gasteiger partial charge in [0, 0.05) is 29.1 Å². The standard InChI is InChI=1S/C19H13Cl2FN2O2/c20-12-3-6-16(21)14(9-12)19(25)24-8-7-17-15(10-24)18(26-23-17)11-1-4-13(22)5-2-11/h1-6,9H,7-8,10H2. The minimum atomic E-state index is -0.325. The van der Waals surface area contributed by atoms with Crippen LogP contribution in [-0.4, -0.2) is 22.5 Å². The van der Waals surface area contributed by atoms with Gasteiger partial charge in [-0.1, -0.05) is 28.4 Å². The van der Waals surface area contributed by atoms with E-state index < -0.39 is 0 Å². The normalized spacial score (nSPS) is 13.6. The predicted molar refractivity (Wildman–Crippen MR) is 96.8 cm³/mol. The molecule has 0 saturated carbocycles. The summed E-state index contributed by atoms with van der Waals surface area (Å²) in [6.07, 6.45) is 0.573. The van der Waals surface area contributed by atoms with Gasteiger partial charge in [0.05, 0.1) is 22.8 Å². The molecule has 0 aliphatic carbocycles. The molecule has 4 rings (SSSR count). The molecule has 0 saturated heterocycles. The first-order valence-corrected chi connectivity index (χ1v) is 8.76. The van der Waals surface area contributed by atoms with Crippen molar-refractivity contribution in [2.75, 3.05) is 6.54 Å². The Balaban J connectivity index is 1.65. The molecule has 0 radical (unpaired) electrons. The molecule has 1 amide bonds. The molecule has 2 heterocycles. The third-order valence-electron chi connectivity index (χ3n) is 4.39. The molecule has 0 N–H and O–H groups in total. The van der Waals surface area contributed by atoms with Crippen LogP contribution in [0.25, 0.3) is 11.3 Å². The van der Waals surface area contributed by atoms with Crippen molar-refractivity contribution in [2.24, 2.45) is 0 Å². The zero-order chi connectivity index (χ0) is 18.3. The Bertz CT molecular complexity index is 986. The second-order valence-electron chi connectivity index (χ2n) is 6.04. The van der Waals surface area contributed by atoms with E-state index in [2.05, 4.69) is 5.16 Å².